The summed E-state index contributed by atoms with van der Waals surface area (Å²) in [7, 11) is 0. The third-order valence-electron chi connectivity index (χ3n) is 4.23. The third-order valence-corrected chi connectivity index (χ3v) is 4.23. The molecule has 2 amide bonds. The van der Waals surface area contributed by atoms with Crippen LogP contribution < -0.4 is 10.6 Å². The second-order valence-corrected chi connectivity index (χ2v) is 6.27. The van der Waals surface area contributed by atoms with Crippen LogP contribution in [0.2, 0.25) is 0 Å². The Morgan fingerprint density at radius 2 is 1.67 bits per heavy atom. The van der Waals surface area contributed by atoms with Gasteiger partial charge in [0.25, 0.3) is 11.8 Å². The van der Waals surface area contributed by atoms with Gasteiger partial charge in [-0.1, -0.05) is 18.2 Å². The lowest BCUT2D eigenvalue weighted by Crippen LogP contribution is -2.17. The molecule has 2 aromatic carbocycles. The Balaban J connectivity index is 1.68. The highest BCUT2D eigenvalue weighted by molar-refractivity contribution is 6.16. The molecule has 0 unspecified atom stereocenters. The number of halogens is 3. The smallest absolute Gasteiger partial charge is 0.416 e. The Morgan fingerprint density at radius 1 is 0.867 bits per heavy atom. The summed E-state index contributed by atoms with van der Waals surface area (Å²) in [6.45, 7) is 0. The van der Waals surface area contributed by atoms with E-state index in [-0.39, 0.29) is 22.9 Å². The Kier molecular flexibility index (Phi) is 4.78. The molecule has 2 aromatic heterocycles. The Labute approximate surface area is 167 Å². The minimum Gasteiger partial charge on any atom is -0.459 e. The molecular formula is C21H13F3N2O4. The average Bonchev–Trinajstić information content (AvgIpc) is 3.36. The molecule has 0 bridgehead atoms. The second-order valence-electron chi connectivity index (χ2n) is 6.27. The fourth-order valence-corrected chi connectivity index (χ4v) is 2.87. The topological polar surface area (TPSA) is 84.5 Å². The maximum absolute atomic E-state index is 12.9. The number of carbonyl (C=O) groups is 2. The van der Waals surface area contributed by atoms with E-state index in [4.69, 9.17) is 8.83 Å². The molecule has 0 spiro atoms. The maximum atomic E-state index is 12.9. The standard InChI is InChI=1S/C21H13F3N2O4/c22-21(23,24)12-5-3-6-13(11-12)25-20(28)18-17(14-7-1-2-8-15(14)30-18)26-19(27)16-9-4-10-29-16/h1-11H,(H,25,28)(H,26,27). The summed E-state index contributed by atoms with van der Waals surface area (Å²) in [5.74, 6) is -1.67. The molecule has 0 fully saturated rings. The van der Waals surface area contributed by atoms with Gasteiger partial charge in [-0.05, 0) is 42.5 Å². The van der Waals surface area contributed by atoms with Crippen LogP contribution in [0.15, 0.2) is 75.8 Å². The molecular weight excluding hydrogens is 401 g/mol. The number of alkyl halides is 3. The van der Waals surface area contributed by atoms with E-state index in [9.17, 15) is 22.8 Å². The number of rotatable bonds is 4. The number of hydrogen-bond donors (Lipinski definition) is 2. The molecule has 0 saturated carbocycles. The normalized spacial score (nSPS) is 11.4. The van der Waals surface area contributed by atoms with Gasteiger partial charge in [0.2, 0.25) is 5.76 Å². The molecule has 4 aromatic rings. The first-order chi connectivity index (χ1) is 14.3. The van der Waals surface area contributed by atoms with Crippen molar-refractivity contribution in [2.24, 2.45) is 0 Å². The molecule has 0 atom stereocenters. The molecule has 0 aliphatic carbocycles. The Morgan fingerprint density at radius 3 is 2.40 bits per heavy atom. The van der Waals surface area contributed by atoms with Gasteiger partial charge in [-0.15, -0.1) is 0 Å². The van der Waals surface area contributed by atoms with Gasteiger partial charge >= 0.3 is 6.18 Å². The molecule has 0 aliphatic heterocycles. The van der Waals surface area contributed by atoms with Crippen LogP contribution in [0.1, 0.15) is 26.7 Å². The van der Waals surface area contributed by atoms with Crippen LogP contribution in [-0.2, 0) is 6.18 Å². The summed E-state index contributed by atoms with van der Waals surface area (Å²) in [6.07, 6.45) is -3.23. The molecule has 0 aliphatic rings. The minimum absolute atomic E-state index is 0.0181. The largest absolute Gasteiger partial charge is 0.459 e. The third kappa shape index (κ3) is 3.77. The summed E-state index contributed by atoms with van der Waals surface area (Å²) in [4.78, 5) is 25.2. The number of nitrogens with one attached hydrogen (secondary N) is 2. The van der Waals surface area contributed by atoms with Gasteiger partial charge in [0.1, 0.15) is 11.3 Å². The summed E-state index contributed by atoms with van der Waals surface area (Å²) in [5, 5.41) is 5.39. The molecule has 4 rings (SSSR count). The number of hydrogen-bond acceptors (Lipinski definition) is 4. The Hall–Kier alpha value is -4.01. The zero-order valence-corrected chi connectivity index (χ0v) is 15.1. The fraction of sp³-hybridized carbons (Fsp3) is 0.0476. The minimum atomic E-state index is -4.55. The van der Waals surface area contributed by atoms with Crippen LogP contribution in [-0.4, -0.2) is 11.8 Å². The summed E-state index contributed by atoms with van der Waals surface area (Å²) in [6, 6.07) is 13.8. The number of fused-ring (bicyclic) bond motifs is 1. The number of furan rings is 2. The maximum Gasteiger partial charge on any atom is 0.416 e. The highest BCUT2D eigenvalue weighted by atomic mass is 19.4. The van der Waals surface area contributed by atoms with Crippen molar-refractivity contribution in [3.63, 3.8) is 0 Å². The van der Waals surface area contributed by atoms with Crippen molar-refractivity contribution in [1.29, 1.82) is 0 Å². The van der Waals surface area contributed by atoms with E-state index >= 15 is 0 Å². The molecule has 30 heavy (non-hydrogen) atoms. The van der Waals surface area contributed by atoms with E-state index in [1.807, 2.05) is 0 Å². The predicted octanol–water partition coefficient (Wildman–Crippen LogP) is 5.55. The van der Waals surface area contributed by atoms with E-state index < -0.39 is 23.6 Å². The molecule has 0 saturated heterocycles. The number of carbonyl (C=O) groups excluding carboxylic acids is 2. The molecule has 6 nitrogen and oxygen atoms in total. The lowest BCUT2D eigenvalue weighted by molar-refractivity contribution is -0.137. The van der Waals surface area contributed by atoms with Gasteiger partial charge in [-0.25, -0.2) is 0 Å². The van der Waals surface area contributed by atoms with Gasteiger partial charge in [0.15, 0.2) is 5.76 Å². The lowest BCUT2D eigenvalue weighted by Gasteiger charge is -2.10. The van der Waals surface area contributed by atoms with Crippen LogP contribution in [0.3, 0.4) is 0 Å². The highest BCUT2D eigenvalue weighted by Crippen LogP contribution is 2.33. The van der Waals surface area contributed by atoms with Gasteiger partial charge in [-0.3, -0.25) is 9.59 Å². The number of para-hydroxylation sites is 1. The van der Waals surface area contributed by atoms with Crippen LogP contribution in [0.5, 0.6) is 0 Å². The lowest BCUT2D eigenvalue weighted by atomic mass is 10.2. The average molecular weight is 414 g/mol. The van der Waals surface area contributed by atoms with Crippen molar-refractivity contribution in [1.82, 2.24) is 0 Å². The van der Waals surface area contributed by atoms with E-state index in [2.05, 4.69) is 10.6 Å². The van der Waals surface area contributed by atoms with Crippen molar-refractivity contribution in [3.8, 4) is 0 Å². The van der Waals surface area contributed by atoms with Crippen LogP contribution >= 0.6 is 0 Å². The predicted molar refractivity (Wildman–Crippen MR) is 102 cm³/mol. The number of benzene rings is 2. The van der Waals surface area contributed by atoms with Crippen LogP contribution in [0.25, 0.3) is 11.0 Å². The van der Waals surface area contributed by atoms with Gasteiger partial charge < -0.3 is 19.5 Å². The molecule has 2 heterocycles. The van der Waals surface area contributed by atoms with E-state index in [0.29, 0.717) is 11.0 Å². The Bertz CT molecular complexity index is 1230. The monoisotopic (exact) mass is 414 g/mol. The van der Waals surface area contributed by atoms with Crippen LogP contribution in [0.4, 0.5) is 24.5 Å². The van der Waals surface area contributed by atoms with Gasteiger partial charge in [0, 0.05) is 11.1 Å². The molecule has 152 valence electrons. The van der Waals surface area contributed by atoms with Crippen molar-refractivity contribution < 1.29 is 31.6 Å². The summed E-state index contributed by atoms with van der Waals surface area (Å²) < 4.78 is 49.4. The zero-order chi connectivity index (χ0) is 21.3. The molecule has 2 N–H and O–H groups in total. The van der Waals surface area contributed by atoms with E-state index in [1.54, 1.807) is 24.3 Å². The van der Waals surface area contributed by atoms with Crippen molar-refractivity contribution in [3.05, 3.63) is 84.0 Å². The van der Waals surface area contributed by atoms with Crippen molar-refractivity contribution in [2.45, 2.75) is 6.18 Å². The zero-order valence-electron chi connectivity index (χ0n) is 15.1. The first kappa shape index (κ1) is 19.3. The van der Waals surface area contributed by atoms with Gasteiger partial charge in [0.05, 0.1) is 11.8 Å². The summed E-state index contributed by atoms with van der Waals surface area (Å²) >= 11 is 0. The summed E-state index contributed by atoms with van der Waals surface area (Å²) in [5.41, 5.74) is -0.576. The second kappa shape index (κ2) is 7.43. The van der Waals surface area contributed by atoms with Crippen molar-refractivity contribution >= 4 is 34.2 Å². The number of amides is 2. The molecule has 9 heteroatoms. The van der Waals surface area contributed by atoms with Crippen LogP contribution in [0, 0.1) is 0 Å². The number of anilines is 2. The van der Waals surface area contributed by atoms with E-state index in [1.165, 1.54) is 30.5 Å². The van der Waals surface area contributed by atoms with Gasteiger partial charge in [-0.2, -0.15) is 13.2 Å². The fourth-order valence-electron chi connectivity index (χ4n) is 2.87. The highest BCUT2D eigenvalue weighted by Gasteiger charge is 2.31. The SMILES string of the molecule is O=C(Nc1c(C(=O)Nc2cccc(C(F)(F)F)c2)oc2ccccc12)c1ccco1. The first-order valence-corrected chi connectivity index (χ1v) is 8.68. The first-order valence-electron chi connectivity index (χ1n) is 8.68. The van der Waals surface area contributed by atoms with E-state index in [0.717, 1.165) is 12.1 Å². The quantitative estimate of drug-likeness (QED) is 0.459. The molecule has 0 radical (unpaired) electrons. The van der Waals surface area contributed by atoms with Crippen molar-refractivity contribution in [2.75, 3.05) is 10.6 Å².